The van der Waals surface area contributed by atoms with Crippen LogP contribution in [0.1, 0.15) is 73.6 Å². The van der Waals surface area contributed by atoms with Crippen molar-refractivity contribution in [3.63, 3.8) is 0 Å². The molecule has 0 bridgehead atoms. The Kier molecular flexibility index (Phi) is 7.11. The maximum Gasteiger partial charge on any atom is 0.327 e. The quantitative estimate of drug-likeness (QED) is 0.505. The smallest absolute Gasteiger partial charge is 0.327 e. The average Bonchev–Trinajstić information content (AvgIpc) is 2.32. The number of carbonyl (C=O) groups is 1. The molecule has 19 heavy (non-hydrogen) atoms. The molecule has 2 atom stereocenters. The molecule has 0 aromatic rings. The second-order valence-corrected chi connectivity index (χ2v) is 6.55. The molecule has 0 aliphatic carbocycles. The number of unbranched alkanes of at least 4 members (excludes halogenated alkanes) is 3. The van der Waals surface area contributed by atoms with Crippen LogP contribution in [0, 0.1) is 22.2 Å². The number of hydrogen-bond acceptors (Lipinski definition) is 3. The Morgan fingerprint density at radius 3 is 2.21 bits per heavy atom. The zero-order valence-electron chi connectivity index (χ0n) is 13.4. The predicted molar refractivity (Wildman–Crippen MR) is 77.5 cm³/mol. The van der Waals surface area contributed by atoms with Gasteiger partial charge in [0, 0.05) is 0 Å². The van der Waals surface area contributed by atoms with Gasteiger partial charge in [-0.2, -0.15) is 5.26 Å². The van der Waals surface area contributed by atoms with Crippen LogP contribution >= 0.6 is 0 Å². The van der Waals surface area contributed by atoms with Crippen molar-refractivity contribution in [2.45, 2.75) is 79.8 Å². The summed E-state index contributed by atoms with van der Waals surface area (Å²) in [7, 11) is 0. The summed E-state index contributed by atoms with van der Waals surface area (Å²) in [6, 6.07) is 2.13. The van der Waals surface area contributed by atoms with Crippen molar-refractivity contribution in [3.8, 4) is 6.07 Å². The van der Waals surface area contributed by atoms with E-state index in [1.807, 2.05) is 27.7 Å². The van der Waals surface area contributed by atoms with Gasteiger partial charge in [0.2, 0.25) is 0 Å². The minimum Gasteiger partial charge on any atom is -0.461 e. The lowest BCUT2D eigenvalue weighted by Crippen LogP contribution is -2.41. The summed E-state index contributed by atoms with van der Waals surface area (Å²) in [5.41, 5.74) is -1.52. The molecule has 0 amide bonds. The summed E-state index contributed by atoms with van der Waals surface area (Å²) < 4.78 is 5.45. The normalized spacial score (nSPS) is 16.3. The largest absolute Gasteiger partial charge is 0.461 e. The summed E-state index contributed by atoms with van der Waals surface area (Å²) >= 11 is 0. The molecule has 0 aliphatic rings. The molecule has 3 heteroatoms. The molecular formula is C16H29NO2. The molecule has 0 rings (SSSR count). The van der Waals surface area contributed by atoms with Gasteiger partial charge in [-0.25, -0.2) is 0 Å². The fourth-order valence-corrected chi connectivity index (χ4v) is 1.74. The monoisotopic (exact) mass is 267 g/mol. The Bertz CT molecular complexity index is 325. The Morgan fingerprint density at radius 2 is 1.79 bits per heavy atom. The standard InChI is InChI=1S/C16H29NO2/c1-7-8-9-10-11-13(2)19-14(18)16(6,12-17)15(3,4)5/h13H,7-11H2,1-6H3. The number of rotatable bonds is 7. The van der Waals surface area contributed by atoms with E-state index >= 15 is 0 Å². The van der Waals surface area contributed by atoms with Crippen LogP contribution in [0.4, 0.5) is 0 Å². The Labute approximate surface area is 118 Å². The number of esters is 1. The van der Waals surface area contributed by atoms with Gasteiger partial charge < -0.3 is 4.74 Å². The van der Waals surface area contributed by atoms with Gasteiger partial charge in [-0.3, -0.25) is 4.79 Å². The fraction of sp³-hybridized carbons (Fsp3) is 0.875. The second-order valence-electron chi connectivity index (χ2n) is 6.55. The first-order valence-corrected chi connectivity index (χ1v) is 7.31. The molecule has 0 heterocycles. The van der Waals surface area contributed by atoms with Gasteiger partial charge >= 0.3 is 5.97 Å². The molecule has 0 saturated heterocycles. The average molecular weight is 267 g/mol. The van der Waals surface area contributed by atoms with E-state index < -0.39 is 16.8 Å². The van der Waals surface area contributed by atoms with Gasteiger partial charge in [0.05, 0.1) is 12.2 Å². The number of nitriles is 1. The highest BCUT2D eigenvalue weighted by Gasteiger charge is 2.46. The lowest BCUT2D eigenvalue weighted by Gasteiger charge is -2.34. The van der Waals surface area contributed by atoms with E-state index in [0.717, 1.165) is 12.8 Å². The van der Waals surface area contributed by atoms with Crippen LogP contribution in [0.5, 0.6) is 0 Å². The van der Waals surface area contributed by atoms with Crippen molar-refractivity contribution in [1.82, 2.24) is 0 Å². The van der Waals surface area contributed by atoms with Gasteiger partial charge in [-0.1, -0.05) is 47.0 Å². The van der Waals surface area contributed by atoms with E-state index in [9.17, 15) is 10.1 Å². The molecule has 0 aromatic carbocycles. The summed E-state index contributed by atoms with van der Waals surface area (Å²) in [6.07, 6.45) is 5.42. The van der Waals surface area contributed by atoms with Crippen LogP contribution in [0.25, 0.3) is 0 Å². The first-order valence-electron chi connectivity index (χ1n) is 7.31. The van der Waals surface area contributed by atoms with Crippen LogP contribution in [-0.4, -0.2) is 12.1 Å². The van der Waals surface area contributed by atoms with Crippen molar-refractivity contribution < 1.29 is 9.53 Å². The third-order valence-electron chi connectivity index (χ3n) is 3.90. The molecule has 0 aliphatic heterocycles. The second kappa shape index (κ2) is 7.53. The van der Waals surface area contributed by atoms with Crippen molar-refractivity contribution in [2.75, 3.05) is 0 Å². The first-order chi connectivity index (χ1) is 8.69. The summed E-state index contributed by atoms with van der Waals surface area (Å²) in [6.45, 7) is 11.4. The van der Waals surface area contributed by atoms with E-state index in [4.69, 9.17) is 4.74 Å². The third-order valence-corrected chi connectivity index (χ3v) is 3.90. The zero-order valence-corrected chi connectivity index (χ0v) is 13.4. The molecule has 0 aromatic heterocycles. The topological polar surface area (TPSA) is 50.1 Å². The minimum atomic E-state index is -1.09. The molecular weight excluding hydrogens is 238 g/mol. The van der Waals surface area contributed by atoms with Crippen molar-refractivity contribution in [2.24, 2.45) is 10.8 Å². The van der Waals surface area contributed by atoms with Crippen LogP contribution < -0.4 is 0 Å². The van der Waals surface area contributed by atoms with Crippen molar-refractivity contribution >= 4 is 5.97 Å². The molecule has 0 fully saturated rings. The minimum absolute atomic E-state index is 0.112. The molecule has 2 unspecified atom stereocenters. The third kappa shape index (κ3) is 5.22. The summed E-state index contributed by atoms with van der Waals surface area (Å²) in [5.74, 6) is -0.398. The van der Waals surface area contributed by atoms with Gasteiger partial charge in [-0.15, -0.1) is 0 Å². The molecule has 110 valence electrons. The van der Waals surface area contributed by atoms with Crippen molar-refractivity contribution in [3.05, 3.63) is 0 Å². The molecule has 0 radical (unpaired) electrons. The zero-order chi connectivity index (χ0) is 15.1. The highest BCUT2D eigenvalue weighted by Crippen LogP contribution is 2.39. The lowest BCUT2D eigenvalue weighted by molar-refractivity contribution is -0.162. The summed E-state index contributed by atoms with van der Waals surface area (Å²) in [5, 5.41) is 9.30. The summed E-state index contributed by atoms with van der Waals surface area (Å²) in [4.78, 5) is 12.2. The van der Waals surface area contributed by atoms with Crippen LogP contribution in [0.3, 0.4) is 0 Å². The SMILES string of the molecule is CCCCCCC(C)OC(=O)C(C)(C#N)C(C)(C)C. The molecule has 0 N–H and O–H groups in total. The molecule has 3 nitrogen and oxygen atoms in total. The van der Waals surface area contributed by atoms with Gasteiger partial charge in [-0.05, 0) is 32.1 Å². The van der Waals surface area contributed by atoms with Gasteiger partial charge in [0.25, 0.3) is 0 Å². The number of hydrogen-bond donors (Lipinski definition) is 0. The lowest BCUT2D eigenvalue weighted by atomic mass is 9.69. The van der Waals surface area contributed by atoms with E-state index in [2.05, 4.69) is 13.0 Å². The Morgan fingerprint density at radius 1 is 1.21 bits per heavy atom. The van der Waals surface area contributed by atoms with E-state index in [1.165, 1.54) is 19.3 Å². The maximum atomic E-state index is 12.2. The Hall–Kier alpha value is -1.04. The van der Waals surface area contributed by atoms with Crippen LogP contribution in [0.15, 0.2) is 0 Å². The Balaban J connectivity index is 4.40. The van der Waals surface area contributed by atoms with Gasteiger partial charge in [0.1, 0.15) is 0 Å². The maximum absolute atomic E-state index is 12.2. The molecule has 0 spiro atoms. The van der Waals surface area contributed by atoms with E-state index in [-0.39, 0.29) is 6.10 Å². The van der Waals surface area contributed by atoms with Crippen molar-refractivity contribution in [1.29, 1.82) is 5.26 Å². The predicted octanol–water partition coefficient (Wildman–Crippen LogP) is 4.46. The highest BCUT2D eigenvalue weighted by molar-refractivity contribution is 5.80. The number of nitrogens with zero attached hydrogens (tertiary/aromatic N) is 1. The highest BCUT2D eigenvalue weighted by atomic mass is 16.5. The van der Waals surface area contributed by atoms with E-state index in [0.29, 0.717) is 0 Å². The van der Waals surface area contributed by atoms with Crippen LogP contribution in [0.2, 0.25) is 0 Å². The first kappa shape index (κ1) is 18.0. The number of carbonyl (C=O) groups excluding carboxylic acids is 1. The van der Waals surface area contributed by atoms with Gasteiger partial charge in [0.15, 0.2) is 5.41 Å². The molecule has 0 saturated carbocycles. The van der Waals surface area contributed by atoms with E-state index in [1.54, 1.807) is 6.92 Å². The van der Waals surface area contributed by atoms with Crippen LogP contribution in [-0.2, 0) is 9.53 Å². The number of ether oxygens (including phenoxy) is 1. The fourth-order valence-electron chi connectivity index (χ4n) is 1.74.